The minimum absolute atomic E-state index is 0.0436. The van der Waals surface area contributed by atoms with E-state index >= 15 is 0 Å². The van der Waals surface area contributed by atoms with Crippen molar-refractivity contribution in [1.29, 1.82) is 0 Å². The second kappa shape index (κ2) is 21.2. The van der Waals surface area contributed by atoms with E-state index in [9.17, 15) is 23.9 Å². The Kier molecular flexibility index (Phi) is 20.8. The average Bonchev–Trinajstić information content (AvgIpc) is 2.84. The normalized spacial score (nSPS) is 13.5. The highest BCUT2D eigenvalue weighted by molar-refractivity contribution is 7.46. The zero-order chi connectivity index (χ0) is 29.8. The number of hydrogen-bond acceptors (Lipinski definition) is 4. The molecule has 39 heavy (non-hydrogen) atoms. The number of quaternary nitrogens is 1. The summed E-state index contributed by atoms with van der Waals surface area (Å²) in [6.45, 7) is 6.15. The quantitative estimate of drug-likeness (QED) is 0.0441. The van der Waals surface area contributed by atoms with Gasteiger partial charge in [0.15, 0.2) is 0 Å². The second-order valence-corrected chi connectivity index (χ2v) is 13.5. The summed E-state index contributed by atoms with van der Waals surface area (Å²) in [6, 6.07) is 0. The molecule has 7 nitrogen and oxygen atoms in total. The topological polar surface area (TPSA) is 101 Å². The zero-order valence-corrected chi connectivity index (χ0v) is 27.2. The molecule has 0 aliphatic heterocycles. The molecule has 0 aliphatic carbocycles. The van der Waals surface area contributed by atoms with Gasteiger partial charge in [0.1, 0.15) is 6.10 Å². The van der Waals surface area contributed by atoms with E-state index in [4.69, 9.17) is 4.52 Å². The summed E-state index contributed by atoms with van der Waals surface area (Å²) < 4.78 is 17.1. The van der Waals surface area contributed by atoms with E-state index in [1.165, 1.54) is 64.2 Å². The Balaban J connectivity index is 5.35. The van der Waals surface area contributed by atoms with Crippen LogP contribution in [0.3, 0.4) is 0 Å². The molecule has 0 bridgehead atoms. The second-order valence-electron chi connectivity index (χ2n) is 12.3. The molecule has 0 fully saturated rings. The number of phosphoric ester groups is 1. The minimum atomic E-state index is -4.90. The molecule has 0 heterocycles. The first-order chi connectivity index (χ1) is 18.4. The van der Waals surface area contributed by atoms with Crippen molar-refractivity contribution in [3.05, 3.63) is 0 Å². The van der Waals surface area contributed by atoms with Gasteiger partial charge in [-0.25, -0.2) is 4.57 Å². The van der Waals surface area contributed by atoms with Crippen LogP contribution >= 0.6 is 7.82 Å². The van der Waals surface area contributed by atoms with E-state index in [0.29, 0.717) is 12.8 Å². The van der Waals surface area contributed by atoms with Crippen LogP contribution < -0.4 is 0 Å². The Morgan fingerprint density at radius 3 is 1.21 bits per heavy atom. The molecule has 0 saturated carbocycles. The van der Waals surface area contributed by atoms with Crippen molar-refractivity contribution in [3.8, 4) is 0 Å². The van der Waals surface area contributed by atoms with Crippen LogP contribution in [0, 0.1) is 0 Å². The van der Waals surface area contributed by atoms with E-state index in [-0.39, 0.29) is 35.3 Å². The summed E-state index contributed by atoms with van der Waals surface area (Å²) in [5, 5.41) is 0. The van der Waals surface area contributed by atoms with Crippen LogP contribution in [-0.2, 0) is 18.7 Å². The lowest BCUT2D eigenvalue weighted by molar-refractivity contribution is -0.906. The standard InChI is InChI=1S/C31H62NO6P/c1-7-10-12-14-16-18-20-22-24-26-28(33)31(32(4,5)6,30(9-3)38-39(35,36)37)29(34)27-25-23-21-19-17-15-13-11-8-2/h30H,7-27H2,1-6H3,(H-,35,36,37)/p+1. The van der Waals surface area contributed by atoms with E-state index in [0.717, 1.165) is 38.5 Å². The lowest BCUT2D eigenvalue weighted by atomic mass is 9.75. The first kappa shape index (κ1) is 38.4. The van der Waals surface area contributed by atoms with Crippen LogP contribution in [-0.4, -0.2) is 58.6 Å². The fraction of sp³-hybridized carbons (Fsp3) is 0.935. The first-order valence-electron chi connectivity index (χ1n) is 16.0. The van der Waals surface area contributed by atoms with Crippen molar-refractivity contribution in [2.75, 3.05) is 21.1 Å². The average molecular weight is 577 g/mol. The third kappa shape index (κ3) is 15.3. The number of ketones is 2. The number of carbonyl (C=O) groups is 2. The van der Waals surface area contributed by atoms with Crippen LogP contribution in [0.15, 0.2) is 0 Å². The summed E-state index contributed by atoms with van der Waals surface area (Å²) in [5.41, 5.74) is -1.64. The van der Waals surface area contributed by atoms with Gasteiger partial charge in [-0.2, -0.15) is 0 Å². The molecule has 0 spiro atoms. The highest BCUT2D eigenvalue weighted by atomic mass is 31.2. The SMILES string of the molecule is CCCCCCCCCCCC(=O)C(C(=O)CCCCCCCCCCC)(C(CC)OP(=O)(O)O)[N+](C)(C)C. The fourth-order valence-corrected chi connectivity index (χ4v) is 6.51. The molecular weight excluding hydrogens is 513 g/mol. The Labute approximate surface area is 240 Å². The van der Waals surface area contributed by atoms with Gasteiger partial charge in [0.25, 0.3) is 0 Å². The van der Waals surface area contributed by atoms with E-state index in [2.05, 4.69) is 13.8 Å². The molecule has 0 aromatic carbocycles. The molecule has 0 amide bonds. The van der Waals surface area contributed by atoms with Crippen LogP contribution in [0.1, 0.15) is 156 Å². The van der Waals surface area contributed by atoms with Crippen molar-refractivity contribution < 1.29 is 32.9 Å². The Morgan fingerprint density at radius 1 is 0.641 bits per heavy atom. The lowest BCUT2D eigenvalue weighted by Gasteiger charge is -2.47. The number of unbranched alkanes of at least 4 members (excludes halogenated alkanes) is 16. The maximum absolute atomic E-state index is 13.9. The molecule has 1 atom stereocenters. The van der Waals surface area contributed by atoms with Crippen molar-refractivity contribution in [2.45, 2.75) is 167 Å². The molecule has 0 aliphatic rings. The summed E-state index contributed by atoms with van der Waals surface area (Å²) >= 11 is 0. The van der Waals surface area contributed by atoms with E-state index in [1.807, 2.05) is 0 Å². The van der Waals surface area contributed by atoms with Crippen molar-refractivity contribution in [1.82, 2.24) is 0 Å². The Bertz CT molecular complexity index is 666. The molecule has 0 aromatic heterocycles. The number of carbonyl (C=O) groups excluding carboxylic acids is 2. The van der Waals surface area contributed by atoms with Gasteiger partial charge < -0.3 is 14.3 Å². The van der Waals surface area contributed by atoms with Gasteiger partial charge in [-0.3, -0.25) is 14.1 Å². The third-order valence-corrected chi connectivity index (χ3v) is 8.55. The van der Waals surface area contributed by atoms with Crippen LogP contribution in [0.25, 0.3) is 0 Å². The number of nitrogens with zero attached hydrogens (tertiary/aromatic N) is 1. The monoisotopic (exact) mass is 576 g/mol. The Morgan fingerprint density at radius 2 is 0.949 bits per heavy atom. The lowest BCUT2D eigenvalue weighted by Crippen LogP contribution is -2.72. The van der Waals surface area contributed by atoms with E-state index < -0.39 is 19.5 Å². The largest absolute Gasteiger partial charge is 0.470 e. The summed E-state index contributed by atoms with van der Waals surface area (Å²) in [5.74, 6) is -0.502. The molecule has 0 saturated heterocycles. The van der Waals surface area contributed by atoms with Gasteiger partial charge in [0.2, 0.25) is 17.1 Å². The number of Topliss-reactive ketones (excluding diaryl/α,β-unsaturated/α-hetero) is 2. The van der Waals surface area contributed by atoms with Crippen LogP contribution in [0.2, 0.25) is 0 Å². The van der Waals surface area contributed by atoms with Crippen LogP contribution in [0.5, 0.6) is 0 Å². The molecule has 0 radical (unpaired) electrons. The predicted molar refractivity (Wildman–Crippen MR) is 162 cm³/mol. The summed E-state index contributed by atoms with van der Waals surface area (Å²) in [4.78, 5) is 47.2. The molecule has 2 N–H and O–H groups in total. The van der Waals surface area contributed by atoms with Gasteiger partial charge in [-0.05, 0) is 19.3 Å². The highest BCUT2D eigenvalue weighted by Crippen LogP contribution is 2.44. The van der Waals surface area contributed by atoms with Gasteiger partial charge in [0, 0.05) is 12.8 Å². The van der Waals surface area contributed by atoms with E-state index in [1.54, 1.807) is 28.1 Å². The predicted octanol–water partition coefficient (Wildman–Crippen LogP) is 8.30. The Hall–Kier alpha value is -0.590. The number of hydrogen-bond donors (Lipinski definition) is 2. The smallest absolute Gasteiger partial charge is 0.311 e. The number of rotatable bonds is 27. The molecule has 232 valence electrons. The molecule has 1 unspecified atom stereocenters. The highest BCUT2D eigenvalue weighted by Gasteiger charge is 2.61. The molecular formula is C31H63NO6P+. The van der Waals surface area contributed by atoms with Crippen molar-refractivity contribution in [2.24, 2.45) is 0 Å². The van der Waals surface area contributed by atoms with Crippen molar-refractivity contribution >= 4 is 19.4 Å². The summed E-state index contributed by atoms with van der Waals surface area (Å²) in [6.07, 6.45) is 19.5. The maximum atomic E-state index is 13.9. The van der Waals surface area contributed by atoms with Crippen LogP contribution in [0.4, 0.5) is 0 Å². The maximum Gasteiger partial charge on any atom is 0.470 e. The van der Waals surface area contributed by atoms with Gasteiger partial charge in [-0.15, -0.1) is 0 Å². The molecule has 0 rings (SSSR count). The third-order valence-electron chi connectivity index (χ3n) is 8.02. The zero-order valence-electron chi connectivity index (χ0n) is 26.3. The first-order valence-corrected chi connectivity index (χ1v) is 17.5. The molecule has 0 aromatic rings. The number of likely N-dealkylation sites (N-methyl/N-ethyl adjacent to an activating group) is 1. The minimum Gasteiger partial charge on any atom is -0.311 e. The van der Waals surface area contributed by atoms with Crippen molar-refractivity contribution in [3.63, 3.8) is 0 Å². The fourth-order valence-electron chi connectivity index (χ4n) is 5.88. The van der Waals surface area contributed by atoms with Gasteiger partial charge in [-0.1, -0.05) is 124 Å². The molecule has 8 heteroatoms. The van der Waals surface area contributed by atoms with Gasteiger partial charge in [0.05, 0.1) is 21.1 Å². The number of phosphoric acid groups is 1. The van der Waals surface area contributed by atoms with Gasteiger partial charge >= 0.3 is 7.82 Å². The summed E-state index contributed by atoms with van der Waals surface area (Å²) in [7, 11) is 0.412.